The Morgan fingerprint density at radius 2 is 1.50 bits per heavy atom. The topological polar surface area (TPSA) is 71.1 Å². The van der Waals surface area contributed by atoms with Crippen LogP contribution in [0.5, 0.6) is 0 Å². The van der Waals surface area contributed by atoms with E-state index in [1.54, 1.807) is 18.2 Å². The van der Waals surface area contributed by atoms with E-state index < -0.39 is 0 Å². The third-order valence-electron chi connectivity index (χ3n) is 4.51. The molecule has 1 heterocycles. The molecule has 2 amide bonds. The Bertz CT molecular complexity index is 970. The first-order valence-electron chi connectivity index (χ1n) is 9.30. The first-order valence-corrected chi connectivity index (χ1v) is 9.30. The zero-order valence-electron chi connectivity index (χ0n) is 16.0. The fourth-order valence-corrected chi connectivity index (χ4v) is 2.92. The maximum absolute atomic E-state index is 12.6. The van der Waals surface area contributed by atoms with E-state index in [9.17, 15) is 9.59 Å². The number of amides is 2. The summed E-state index contributed by atoms with van der Waals surface area (Å²) in [6.07, 6.45) is 0.809. The van der Waals surface area contributed by atoms with Gasteiger partial charge < -0.3 is 10.6 Å². The molecule has 0 fully saturated rings. The minimum absolute atomic E-state index is 0.163. The molecule has 0 radical (unpaired) electrons. The second kappa shape index (κ2) is 8.95. The van der Waals surface area contributed by atoms with Crippen LogP contribution < -0.4 is 10.6 Å². The number of hydrogen-bond acceptors (Lipinski definition) is 3. The van der Waals surface area contributed by atoms with E-state index >= 15 is 0 Å². The Balaban J connectivity index is 1.72. The van der Waals surface area contributed by atoms with Crippen LogP contribution in [0.15, 0.2) is 72.8 Å². The second-order valence-electron chi connectivity index (χ2n) is 6.48. The van der Waals surface area contributed by atoms with Crippen molar-refractivity contribution in [3.63, 3.8) is 0 Å². The fraction of sp³-hybridized carbons (Fsp3) is 0.174. The minimum Gasteiger partial charge on any atom is -0.344 e. The summed E-state index contributed by atoms with van der Waals surface area (Å²) in [6, 6.07) is 22.0. The van der Waals surface area contributed by atoms with Gasteiger partial charge >= 0.3 is 0 Å². The average molecular weight is 373 g/mol. The lowest BCUT2D eigenvalue weighted by Gasteiger charge is -2.14. The van der Waals surface area contributed by atoms with E-state index in [-0.39, 0.29) is 29.2 Å². The predicted molar refractivity (Wildman–Crippen MR) is 110 cm³/mol. The molecule has 1 unspecified atom stereocenters. The van der Waals surface area contributed by atoms with Gasteiger partial charge in [-0.1, -0.05) is 61.5 Å². The zero-order chi connectivity index (χ0) is 19.9. The SMILES string of the molecule is CCc1ccccc1NC(=O)c1cccc(C(=O)NC(C)c2ccccc2)n1. The lowest BCUT2D eigenvalue weighted by Crippen LogP contribution is -2.28. The van der Waals surface area contributed by atoms with Crippen molar-refractivity contribution in [3.8, 4) is 0 Å². The van der Waals surface area contributed by atoms with Gasteiger partial charge in [0, 0.05) is 5.69 Å². The number of rotatable bonds is 6. The summed E-state index contributed by atoms with van der Waals surface area (Å²) in [5.74, 6) is -0.661. The van der Waals surface area contributed by atoms with Gasteiger partial charge in [0.2, 0.25) is 0 Å². The van der Waals surface area contributed by atoms with Crippen molar-refractivity contribution >= 4 is 17.5 Å². The number of benzene rings is 2. The van der Waals surface area contributed by atoms with E-state index in [1.165, 1.54) is 0 Å². The van der Waals surface area contributed by atoms with Crippen molar-refractivity contribution in [1.29, 1.82) is 0 Å². The molecule has 28 heavy (non-hydrogen) atoms. The summed E-state index contributed by atoms with van der Waals surface area (Å²) in [4.78, 5) is 29.4. The van der Waals surface area contributed by atoms with E-state index in [0.717, 1.165) is 23.2 Å². The summed E-state index contributed by atoms with van der Waals surface area (Å²) >= 11 is 0. The Kier molecular flexibility index (Phi) is 6.17. The molecule has 0 spiro atoms. The van der Waals surface area contributed by atoms with Crippen LogP contribution in [0.3, 0.4) is 0 Å². The smallest absolute Gasteiger partial charge is 0.274 e. The van der Waals surface area contributed by atoms with Crippen molar-refractivity contribution in [2.24, 2.45) is 0 Å². The molecule has 0 aliphatic carbocycles. The number of nitrogens with zero attached hydrogens (tertiary/aromatic N) is 1. The first kappa shape index (κ1) is 19.3. The predicted octanol–water partition coefficient (Wildman–Crippen LogP) is 4.39. The molecule has 0 saturated heterocycles. The maximum Gasteiger partial charge on any atom is 0.274 e. The molecule has 0 aliphatic heterocycles. The van der Waals surface area contributed by atoms with Crippen LogP contribution in [0.1, 0.15) is 52.0 Å². The molecule has 1 aromatic heterocycles. The quantitative estimate of drug-likeness (QED) is 0.673. The highest BCUT2D eigenvalue weighted by Gasteiger charge is 2.15. The molecule has 5 heteroatoms. The van der Waals surface area contributed by atoms with Crippen LogP contribution in [0.4, 0.5) is 5.69 Å². The normalized spacial score (nSPS) is 11.5. The lowest BCUT2D eigenvalue weighted by atomic mass is 10.1. The van der Waals surface area contributed by atoms with Gasteiger partial charge in [0.15, 0.2) is 0 Å². The summed E-state index contributed by atoms with van der Waals surface area (Å²) < 4.78 is 0. The number of carbonyl (C=O) groups excluding carboxylic acids is 2. The molecule has 3 rings (SSSR count). The highest BCUT2D eigenvalue weighted by Crippen LogP contribution is 2.17. The monoisotopic (exact) mass is 373 g/mol. The van der Waals surface area contributed by atoms with Crippen molar-refractivity contribution in [2.45, 2.75) is 26.3 Å². The maximum atomic E-state index is 12.6. The van der Waals surface area contributed by atoms with Gasteiger partial charge in [0.05, 0.1) is 6.04 Å². The van der Waals surface area contributed by atoms with Gasteiger partial charge in [0.25, 0.3) is 11.8 Å². The first-order chi connectivity index (χ1) is 13.6. The van der Waals surface area contributed by atoms with Crippen molar-refractivity contribution in [3.05, 3.63) is 95.3 Å². The standard InChI is InChI=1S/C23H23N3O2/c1-3-17-10-7-8-13-19(17)26-23(28)21-15-9-14-20(25-21)22(27)24-16(2)18-11-5-4-6-12-18/h4-16H,3H2,1-2H3,(H,24,27)(H,26,28). The molecule has 142 valence electrons. The van der Waals surface area contributed by atoms with Crippen molar-refractivity contribution in [1.82, 2.24) is 10.3 Å². The van der Waals surface area contributed by atoms with Crippen LogP contribution in [-0.4, -0.2) is 16.8 Å². The second-order valence-corrected chi connectivity index (χ2v) is 6.48. The van der Waals surface area contributed by atoms with Gasteiger partial charge in [-0.2, -0.15) is 0 Å². The van der Waals surface area contributed by atoms with Gasteiger partial charge in [-0.3, -0.25) is 9.59 Å². The van der Waals surface area contributed by atoms with Crippen LogP contribution in [-0.2, 0) is 6.42 Å². The third-order valence-corrected chi connectivity index (χ3v) is 4.51. The number of anilines is 1. The van der Waals surface area contributed by atoms with Gasteiger partial charge in [0.1, 0.15) is 11.4 Å². The summed E-state index contributed by atoms with van der Waals surface area (Å²) in [5, 5.41) is 5.79. The van der Waals surface area contributed by atoms with Crippen molar-refractivity contribution < 1.29 is 9.59 Å². The van der Waals surface area contributed by atoms with Crippen LogP contribution in [0.25, 0.3) is 0 Å². The van der Waals surface area contributed by atoms with E-state index in [0.29, 0.717) is 0 Å². The summed E-state index contributed by atoms with van der Waals surface area (Å²) in [6.45, 7) is 3.94. The molecule has 0 saturated carbocycles. The number of nitrogens with one attached hydrogen (secondary N) is 2. The molecule has 0 bridgehead atoms. The third kappa shape index (κ3) is 4.62. The Morgan fingerprint density at radius 1 is 0.857 bits per heavy atom. The molecule has 2 N–H and O–H groups in total. The van der Waals surface area contributed by atoms with Crippen LogP contribution in [0, 0.1) is 0 Å². The van der Waals surface area contributed by atoms with E-state index in [4.69, 9.17) is 0 Å². The van der Waals surface area contributed by atoms with Crippen LogP contribution in [0.2, 0.25) is 0 Å². The number of carbonyl (C=O) groups is 2. The molecule has 5 nitrogen and oxygen atoms in total. The Hall–Kier alpha value is -3.47. The van der Waals surface area contributed by atoms with E-state index in [1.807, 2.05) is 68.4 Å². The minimum atomic E-state index is -0.341. The molecule has 3 aromatic rings. The highest BCUT2D eigenvalue weighted by molar-refractivity contribution is 6.04. The van der Waals surface area contributed by atoms with E-state index in [2.05, 4.69) is 15.6 Å². The molecule has 2 aromatic carbocycles. The highest BCUT2D eigenvalue weighted by atomic mass is 16.2. The Morgan fingerprint density at radius 3 is 2.21 bits per heavy atom. The Labute approximate surface area is 164 Å². The number of hydrogen-bond donors (Lipinski definition) is 2. The molecular weight excluding hydrogens is 350 g/mol. The number of para-hydroxylation sites is 1. The molecule has 1 atom stereocenters. The fourth-order valence-electron chi connectivity index (χ4n) is 2.92. The van der Waals surface area contributed by atoms with Gasteiger partial charge in [-0.15, -0.1) is 0 Å². The lowest BCUT2D eigenvalue weighted by molar-refractivity contribution is 0.0934. The van der Waals surface area contributed by atoms with Gasteiger partial charge in [-0.05, 0) is 42.7 Å². The van der Waals surface area contributed by atoms with Crippen LogP contribution >= 0.6 is 0 Å². The zero-order valence-corrected chi connectivity index (χ0v) is 16.0. The number of aromatic nitrogens is 1. The number of pyridine rings is 1. The average Bonchev–Trinajstić information content (AvgIpc) is 2.74. The largest absolute Gasteiger partial charge is 0.344 e. The molecular formula is C23H23N3O2. The summed E-state index contributed by atoms with van der Waals surface area (Å²) in [5.41, 5.74) is 3.21. The summed E-state index contributed by atoms with van der Waals surface area (Å²) in [7, 11) is 0. The number of aryl methyl sites for hydroxylation is 1. The van der Waals surface area contributed by atoms with Crippen molar-refractivity contribution in [2.75, 3.05) is 5.32 Å². The van der Waals surface area contributed by atoms with Gasteiger partial charge in [-0.25, -0.2) is 4.98 Å². The molecule has 0 aliphatic rings.